The minimum atomic E-state index is 0.737. The Morgan fingerprint density at radius 1 is 1.04 bits per heavy atom. The second-order valence-corrected chi connectivity index (χ2v) is 6.30. The van der Waals surface area contributed by atoms with Crippen molar-refractivity contribution in [2.45, 2.75) is 26.4 Å². The van der Waals surface area contributed by atoms with E-state index >= 15 is 0 Å². The van der Waals surface area contributed by atoms with Crippen molar-refractivity contribution in [1.29, 1.82) is 0 Å². The Bertz CT molecular complexity index is 842. The normalized spacial score (nSPS) is 14.7. The zero-order valence-electron chi connectivity index (χ0n) is 14.0. The Labute approximate surface area is 141 Å². The van der Waals surface area contributed by atoms with Crippen LogP contribution in [0.3, 0.4) is 0 Å². The average Bonchev–Trinajstić information content (AvgIpc) is 2.99. The van der Waals surface area contributed by atoms with Crippen molar-refractivity contribution in [3.8, 4) is 5.75 Å². The number of aromatic nitrogens is 3. The average molecular weight is 322 g/mol. The molecule has 2 heterocycles. The number of ether oxygens (including phenoxy) is 1. The molecule has 1 aliphatic rings. The van der Waals surface area contributed by atoms with Gasteiger partial charge in [0, 0.05) is 19.6 Å². The molecule has 0 aliphatic carbocycles. The van der Waals surface area contributed by atoms with Crippen LogP contribution in [0, 0.1) is 6.92 Å². The van der Waals surface area contributed by atoms with Crippen molar-refractivity contribution in [1.82, 2.24) is 19.7 Å². The first-order valence-electron chi connectivity index (χ1n) is 8.52. The van der Waals surface area contributed by atoms with Gasteiger partial charge < -0.3 is 9.30 Å². The van der Waals surface area contributed by atoms with Gasteiger partial charge in [0.15, 0.2) is 0 Å². The molecule has 1 aliphatic heterocycles. The number of benzene rings is 2. The molecular weight excluding hydrogens is 300 g/mol. The second-order valence-electron chi connectivity index (χ2n) is 6.30. The molecule has 0 bridgehead atoms. The predicted octanol–water partition coefficient (Wildman–Crippen LogP) is 3.02. The summed E-state index contributed by atoms with van der Waals surface area (Å²) in [6.07, 6.45) is 1.01. The van der Waals surface area contributed by atoms with Crippen LogP contribution < -0.4 is 4.74 Å². The fourth-order valence-electron chi connectivity index (χ4n) is 3.28. The highest BCUT2D eigenvalue weighted by molar-refractivity contribution is 5.83. The molecule has 2 aromatic carbocycles. The molecule has 0 amide bonds. The van der Waals surface area contributed by atoms with E-state index in [1.165, 1.54) is 10.8 Å². The van der Waals surface area contributed by atoms with Gasteiger partial charge in [-0.15, -0.1) is 10.2 Å². The van der Waals surface area contributed by atoms with Gasteiger partial charge in [-0.1, -0.05) is 30.3 Å². The van der Waals surface area contributed by atoms with Gasteiger partial charge in [0.1, 0.15) is 17.4 Å². The van der Waals surface area contributed by atoms with Crippen LogP contribution in [-0.4, -0.2) is 39.4 Å². The van der Waals surface area contributed by atoms with E-state index in [1.54, 1.807) is 0 Å². The van der Waals surface area contributed by atoms with Crippen LogP contribution in [0.25, 0.3) is 10.8 Å². The van der Waals surface area contributed by atoms with Crippen molar-refractivity contribution in [3.63, 3.8) is 0 Å². The predicted molar refractivity (Wildman–Crippen MR) is 94.1 cm³/mol. The van der Waals surface area contributed by atoms with Gasteiger partial charge in [-0.3, -0.25) is 4.90 Å². The molecule has 0 fully saturated rings. The summed E-state index contributed by atoms with van der Waals surface area (Å²) in [4.78, 5) is 2.42. The molecule has 4 rings (SSSR count). The zero-order valence-corrected chi connectivity index (χ0v) is 14.0. The van der Waals surface area contributed by atoms with Gasteiger partial charge in [-0.25, -0.2) is 0 Å². The number of nitrogens with zero attached hydrogens (tertiary/aromatic N) is 4. The van der Waals surface area contributed by atoms with Crippen molar-refractivity contribution in [3.05, 3.63) is 54.1 Å². The second kappa shape index (κ2) is 6.61. The highest BCUT2D eigenvalue weighted by atomic mass is 16.5. The summed E-state index contributed by atoms with van der Waals surface area (Å²) < 4.78 is 8.13. The lowest BCUT2D eigenvalue weighted by Crippen LogP contribution is -2.35. The molecule has 124 valence electrons. The third kappa shape index (κ3) is 3.12. The van der Waals surface area contributed by atoms with Gasteiger partial charge in [-0.2, -0.15) is 0 Å². The Balaban J connectivity index is 1.27. The summed E-state index contributed by atoms with van der Waals surface area (Å²) in [5.74, 6) is 3.04. The fraction of sp³-hybridized carbons (Fsp3) is 0.368. The van der Waals surface area contributed by atoms with Gasteiger partial charge >= 0.3 is 0 Å². The summed E-state index contributed by atoms with van der Waals surface area (Å²) in [5, 5.41) is 10.9. The van der Waals surface area contributed by atoms with Gasteiger partial charge in [0.05, 0.1) is 13.2 Å². The van der Waals surface area contributed by atoms with Crippen molar-refractivity contribution < 1.29 is 4.74 Å². The summed E-state index contributed by atoms with van der Waals surface area (Å²) in [7, 11) is 0. The number of fused-ring (bicyclic) bond motifs is 2. The van der Waals surface area contributed by atoms with Crippen LogP contribution in [0.2, 0.25) is 0 Å². The van der Waals surface area contributed by atoms with Crippen molar-refractivity contribution in [2.75, 3.05) is 19.7 Å². The lowest BCUT2D eigenvalue weighted by atomic mass is 10.1. The third-order valence-electron chi connectivity index (χ3n) is 4.63. The van der Waals surface area contributed by atoms with E-state index < -0.39 is 0 Å². The van der Waals surface area contributed by atoms with E-state index in [1.807, 2.05) is 6.92 Å². The van der Waals surface area contributed by atoms with Crippen LogP contribution in [0.1, 0.15) is 18.1 Å². The Kier molecular flexibility index (Phi) is 4.17. The summed E-state index contributed by atoms with van der Waals surface area (Å²) in [6.45, 7) is 6.71. The molecular formula is C19H22N4O. The van der Waals surface area contributed by atoms with Gasteiger partial charge in [0.2, 0.25) is 0 Å². The van der Waals surface area contributed by atoms with Gasteiger partial charge in [0.25, 0.3) is 0 Å². The molecule has 3 aromatic rings. The number of aryl methyl sites for hydroxylation is 1. The van der Waals surface area contributed by atoms with Crippen LogP contribution in [0.15, 0.2) is 42.5 Å². The van der Waals surface area contributed by atoms with E-state index in [4.69, 9.17) is 4.74 Å². The zero-order chi connectivity index (χ0) is 16.4. The maximum absolute atomic E-state index is 5.92. The molecule has 1 aromatic heterocycles. The van der Waals surface area contributed by atoms with Crippen LogP contribution in [0.5, 0.6) is 5.75 Å². The first kappa shape index (κ1) is 15.1. The minimum Gasteiger partial charge on any atom is -0.494 e. The SMILES string of the molecule is Cc1nnc2n1CCN(CCCOc1ccc3ccccc3c1)C2. The Hall–Kier alpha value is -2.40. The Morgan fingerprint density at radius 3 is 2.83 bits per heavy atom. The minimum absolute atomic E-state index is 0.737. The molecule has 0 saturated heterocycles. The first-order valence-corrected chi connectivity index (χ1v) is 8.52. The highest BCUT2D eigenvalue weighted by Crippen LogP contribution is 2.20. The smallest absolute Gasteiger partial charge is 0.147 e. The fourth-order valence-corrected chi connectivity index (χ4v) is 3.28. The lowest BCUT2D eigenvalue weighted by molar-refractivity contribution is 0.194. The molecule has 5 heteroatoms. The number of hydrogen-bond donors (Lipinski definition) is 0. The van der Waals surface area contributed by atoms with E-state index in [-0.39, 0.29) is 0 Å². The molecule has 0 spiro atoms. The molecule has 0 unspecified atom stereocenters. The third-order valence-corrected chi connectivity index (χ3v) is 4.63. The molecule has 0 saturated carbocycles. The van der Waals surface area contributed by atoms with Crippen molar-refractivity contribution in [2.24, 2.45) is 0 Å². The largest absolute Gasteiger partial charge is 0.494 e. The Morgan fingerprint density at radius 2 is 1.92 bits per heavy atom. The standard InChI is InChI=1S/C19H22N4O/c1-15-20-21-19-14-22(10-11-23(15)19)9-4-12-24-18-8-7-16-5-2-3-6-17(16)13-18/h2-3,5-8,13H,4,9-12,14H2,1H3. The van der Waals surface area contributed by atoms with Crippen LogP contribution in [-0.2, 0) is 13.1 Å². The van der Waals surface area contributed by atoms with Crippen LogP contribution >= 0.6 is 0 Å². The summed E-state index contributed by atoms with van der Waals surface area (Å²) >= 11 is 0. The molecule has 24 heavy (non-hydrogen) atoms. The van der Waals surface area contributed by atoms with Gasteiger partial charge in [-0.05, 0) is 36.2 Å². The first-order chi connectivity index (χ1) is 11.8. The number of hydrogen-bond acceptors (Lipinski definition) is 4. The lowest BCUT2D eigenvalue weighted by Gasteiger charge is -2.27. The molecule has 5 nitrogen and oxygen atoms in total. The van der Waals surface area contributed by atoms with Crippen LogP contribution in [0.4, 0.5) is 0 Å². The van der Waals surface area contributed by atoms with E-state index in [0.717, 1.165) is 56.6 Å². The van der Waals surface area contributed by atoms with E-state index in [9.17, 15) is 0 Å². The molecule has 0 atom stereocenters. The molecule has 0 radical (unpaired) electrons. The van der Waals surface area contributed by atoms with E-state index in [0.29, 0.717) is 0 Å². The summed E-state index contributed by atoms with van der Waals surface area (Å²) in [5.41, 5.74) is 0. The quantitative estimate of drug-likeness (QED) is 0.677. The topological polar surface area (TPSA) is 43.2 Å². The maximum atomic E-state index is 5.92. The monoisotopic (exact) mass is 322 g/mol. The number of rotatable bonds is 5. The van der Waals surface area contributed by atoms with Crippen molar-refractivity contribution >= 4 is 10.8 Å². The summed E-state index contributed by atoms with van der Waals surface area (Å²) in [6, 6.07) is 14.6. The van der Waals surface area contributed by atoms with E-state index in [2.05, 4.69) is 62.1 Å². The maximum Gasteiger partial charge on any atom is 0.147 e. The highest BCUT2D eigenvalue weighted by Gasteiger charge is 2.18. The molecule has 0 N–H and O–H groups in total.